The van der Waals surface area contributed by atoms with Gasteiger partial charge < -0.3 is 4.98 Å². The van der Waals surface area contributed by atoms with Gasteiger partial charge >= 0.3 is 5.69 Å². The van der Waals surface area contributed by atoms with Crippen molar-refractivity contribution in [2.45, 2.75) is 0 Å². The Morgan fingerprint density at radius 1 is 1.11 bits per heavy atom. The molecule has 0 saturated carbocycles. The Morgan fingerprint density at radius 3 is 2.74 bits per heavy atom. The Kier molecular flexibility index (Phi) is 2.10. The van der Waals surface area contributed by atoms with Gasteiger partial charge in [0.05, 0.1) is 15.9 Å². The summed E-state index contributed by atoms with van der Waals surface area (Å²) in [6.07, 6.45) is 3.45. The van der Waals surface area contributed by atoms with Gasteiger partial charge in [-0.3, -0.25) is 9.38 Å². The molecule has 0 aliphatic rings. The summed E-state index contributed by atoms with van der Waals surface area (Å²) in [4.78, 5) is 20.0. The van der Waals surface area contributed by atoms with Gasteiger partial charge in [0.15, 0.2) is 0 Å². The van der Waals surface area contributed by atoms with Crippen LogP contribution >= 0.6 is 11.3 Å². The zero-order valence-corrected chi connectivity index (χ0v) is 10.6. The monoisotopic (exact) mass is 267 g/mol. The summed E-state index contributed by atoms with van der Waals surface area (Å²) in [5.74, 6) is 0. The summed E-state index contributed by atoms with van der Waals surface area (Å²) >= 11 is 1.62. The number of fused-ring (bicyclic) bond motifs is 3. The van der Waals surface area contributed by atoms with Crippen LogP contribution in [0.15, 0.2) is 53.6 Å². The quantitative estimate of drug-likeness (QED) is 0.576. The van der Waals surface area contributed by atoms with Crippen molar-refractivity contribution in [1.82, 2.24) is 14.4 Å². The summed E-state index contributed by atoms with van der Waals surface area (Å²) in [5, 5.41) is 0. The van der Waals surface area contributed by atoms with Gasteiger partial charge in [-0.2, -0.15) is 0 Å². The molecule has 0 saturated heterocycles. The zero-order valence-electron chi connectivity index (χ0n) is 9.83. The van der Waals surface area contributed by atoms with E-state index in [2.05, 4.69) is 9.97 Å². The van der Waals surface area contributed by atoms with Crippen LogP contribution < -0.4 is 5.69 Å². The molecule has 4 nitrogen and oxygen atoms in total. The van der Waals surface area contributed by atoms with Gasteiger partial charge in [0.2, 0.25) is 0 Å². The van der Waals surface area contributed by atoms with E-state index in [0.29, 0.717) is 0 Å². The first-order valence-electron chi connectivity index (χ1n) is 5.87. The van der Waals surface area contributed by atoms with Crippen molar-refractivity contribution in [3.8, 4) is 11.3 Å². The normalized spacial score (nSPS) is 11.4. The molecule has 0 bridgehead atoms. The first-order chi connectivity index (χ1) is 9.34. The number of aromatic amines is 1. The number of nitrogens with one attached hydrogen (secondary N) is 1. The van der Waals surface area contributed by atoms with Crippen molar-refractivity contribution in [3.05, 3.63) is 59.3 Å². The third kappa shape index (κ3) is 1.45. The van der Waals surface area contributed by atoms with Gasteiger partial charge in [-0.05, 0) is 24.3 Å². The fourth-order valence-electron chi connectivity index (χ4n) is 2.28. The van der Waals surface area contributed by atoms with Gasteiger partial charge in [0, 0.05) is 18.0 Å². The third-order valence-corrected chi connectivity index (χ3v) is 4.28. The van der Waals surface area contributed by atoms with E-state index in [1.54, 1.807) is 28.1 Å². The molecule has 4 aromatic rings. The van der Waals surface area contributed by atoms with Crippen molar-refractivity contribution in [2.75, 3.05) is 0 Å². The van der Waals surface area contributed by atoms with Crippen LogP contribution in [0.25, 0.3) is 26.3 Å². The van der Waals surface area contributed by atoms with Crippen LogP contribution in [-0.4, -0.2) is 14.4 Å². The summed E-state index contributed by atoms with van der Waals surface area (Å²) in [6, 6.07) is 11.7. The average molecular weight is 267 g/mol. The third-order valence-electron chi connectivity index (χ3n) is 3.13. The van der Waals surface area contributed by atoms with Gasteiger partial charge in [0.1, 0.15) is 4.83 Å². The predicted octanol–water partition coefficient (Wildman–Crippen LogP) is 2.90. The van der Waals surface area contributed by atoms with E-state index in [4.69, 9.17) is 0 Å². The number of aromatic nitrogens is 3. The molecule has 1 aromatic carbocycles. The largest absolute Gasteiger partial charge is 0.331 e. The molecule has 4 rings (SSSR count). The Labute approximate surface area is 112 Å². The molecule has 92 valence electrons. The highest BCUT2D eigenvalue weighted by Gasteiger charge is 2.14. The van der Waals surface area contributed by atoms with Crippen LogP contribution in [0.2, 0.25) is 0 Å². The molecule has 0 spiro atoms. The topological polar surface area (TPSA) is 50.2 Å². The lowest BCUT2D eigenvalue weighted by atomic mass is 10.2. The van der Waals surface area contributed by atoms with Crippen LogP contribution in [0, 0.1) is 0 Å². The molecule has 3 aromatic heterocycles. The number of hydrogen-bond donors (Lipinski definition) is 1. The van der Waals surface area contributed by atoms with E-state index in [1.807, 2.05) is 36.4 Å². The summed E-state index contributed by atoms with van der Waals surface area (Å²) in [7, 11) is 0. The second kappa shape index (κ2) is 3.80. The van der Waals surface area contributed by atoms with Crippen LogP contribution in [-0.2, 0) is 0 Å². The zero-order chi connectivity index (χ0) is 12.8. The van der Waals surface area contributed by atoms with E-state index in [0.717, 1.165) is 26.3 Å². The molecule has 0 aliphatic carbocycles. The molecule has 0 radical (unpaired) electrons. The summed E-state index contributed by atoms with van der Waals surface area (Å²) in [5.41, 5.74) is 2.68. The molecule has 0 atom stereocenters. The lowest BCUT2D eigenvalue weighted by Crippen LogP contribution is -2.07. The number of thiazole rings is 1. The maximum absolute atomic E-state index is 12.1. The number of hydrogen-bond acceptors (Lipinski definition) is 3. The Morgan fingerprint density at radius 2 is 1.89 bits per heavy atom. The number of nitrogens with zero attached hydrogens (tertiary/aromatic N) is 2. The number of pyridine rings is 1. The molecule has 3 heterocycles. The van der Waals surface area contributed by atoms with Gasteiger partial charge in [-0.25, -0.2) is 4.79 Å². The number of imidazole rings is 1. The summed E-state index contributed by atoms with van der Waals surface area (Å²) < 4.78 is 2.84. The molecule has 1 N–H and O–H groups in total. The standard InChI is InChI=1S/C14H9N3OS/c18-14-16-12(9-5-7-15-8-6-9)13-17(14)10-3-1-2-4-11(10)19-13/h1-8H,(H,16,18). The number of para-hydroxylation sites is 1. The van der Waals surface area contributed by atoms with Gasteiger partial charge in [0.25, 0.3) is 0 Å². The highest BCUT2D eigenvalue weighted by Crippen LogP contribution is 2.31. The van der Waals surface area contributed by atoms with Gasteiger partial charge in [-0.15, -0.1) is 11.3 Å². The summed E-state index contributed by atoms with van der Waals surface area (Å²) in [6.45, 7) is 0. The molecule has 0 fully saturated rings. The van der Waals surface area contributed by atoms with Crippen molar-refractivity contribution in [3.63, 3.8) is 0 Å². The fraction of sp³-hybridized carbons (Fsp3) is 0. The number of H-pyrrole nitrogens is 1. The van der Waals surface area contributed by atoms with Gasteiger partial charge in [-0.1, -0.05) is 12.1 Å². The minimum Gasteiger partial charge on any atom is -0.304 e. The highest BCUT2D eigenvalue weighted by atomic mass is 32.1. The molecule has 5 heteroatoms. The van der Waals surface area contributed by atoms with E-state index >= 15 is 0 Å². The van der Waals surface area contributed by atoms with Crippen molar-refractivity contribution in [1.29, 1.82) is 0 Å². The SMILES string of the molecule is O=c1[nH]c(-c2ccncc2)c2sc3ccccc3n12. The van der Waals surface area contributed by atoms with Crippen molar-refractivity contribution in [2.24, 2.45) is 0 Å². The molecule has 0 aliphatic heterocycles. The fourth-order valence-corrected chi connectivity index (χ4v) is 3.44. The predicted molar refractivity (Wildman–Crippen MR) is 76.6 cm³/mol. The van der Waals surface area contributed by atoms with E-state index in [-0.39, 0.29) is 5.69 Å². The maximum Gasteiger partial charge on any atom is 0.331 e. The smallest absolute Gasteiger partial charge is 0.304 e. The molecule has 0 unspecified atom stereocenters. The van der Waals surface area contributed by atoms with E-state index < -0.39 is 0 Å². The molecular formula is C14H9N3OS. The first-order valence-corrected chi connectivity index (χ1v) is 6.69. The highest BCUT2D eigenvalue weighted by molar-refractivity contribution is 7.24. The molecular weight excluding hydrogens is 258 g/mol. The lowest BCUT2D eigenvalue weighted by molar-refractivity contribution is 1.12. The maximum atomic E-state index is 12.1. The Hall–Kier alpha value is -2.40. The number of rotatable bonds is 1. The minimum atomic E-state index is -0.0979. The Balaban J connectivity index is 2.17. The molecule has 0 amide bonds. The van der Waals surface area contributed by atoms with E-state index in [9.17, 15) is 4.79 Å². The number of benzene rings is 1. The van der Waals surface area contributed by atoms with Crippen molar-refractivity contribution < 1.29 is 0 Å². The van der Waals surface area contributed by atoms with Crippen LogP contribution in [0.3, 0.4) is 0 Å². The van der Waals surface area contributed by atoms with Crippen LogP contribution in [0.1, 0.15) is 0 Å². The lowest BCUT2D eigenvalue weighted by Gasteiger charge is -1.94. The van der Waals surface area contributed by atoms with Crippen LogP contribution in [0.5, 0.6) is 0 Å². The van der Waals surface area contributed by atoms with E-state index in [1.165, 1.54) is 0 Å². The molecule has 19 heavy (non-hydrogen) atoms. The van der Waals surface area contributed by atoms with Crippen LogP contribution in [0.4, 0.5) is 0 Å². The second-order valence-corrected chi connectivity index (χ2v) is 5.28. The average Bonchev–Trinajstić information content (AvgIpc) is 2.98. The Bertz CT molecular complexity index is 934. The second-order valence-electron chi connectivity index (χ2n) is 4.25. The minimum absolute atomic E-state index is 0.0979. The first kappa shape index (κ1) is 10.5. The van der Waals surface area contributed by atoms with Crippen molar-refractivity contribution >= 4 is 26.4 Å².